The molecule has 0 aliphatic heterocycles. The van der Waals surface area contributed by atoms with E-state index in [1.807, 2.05) is 19.9 Å². The molecule has 0 fully saturated rings. The van der Waals surface area contributed by atoms with Crippen molar-refractivity contribution in [2.45, 2.75) is 20.3 Å². The Morgan fingerprint density at radius 2 is 2.05 bits per heavy atom. The molecule has 3 N–H and O–H groups in total. The Kier molecular flexibility index (Phi) is 3.98. The van der Waals surface area contributed by atoms with Gasteiger partial charge in [0.15, 0.2) is 0 Å². The third-order valence-electron chi connectivity index (χ3n) is 2.87. The zero-order valence-corrected chi connectivity index (χ0v) is 11.4. The molecule has 5 heteroatoms. The van der Waals surface area contributed by atoms with E-state index in [0.29, 0.717) is 12.2 Å². The van der Waals surface area contributed by atoms with Gasteiger partial charge in [0.05, 0.1) is 11.3 Å². The van der Waals surface area contributed by atoms with Gasteiger partial charge in [0.25, 0.3) is 0 Å². The lowest BCUT2D eigenvalue weighted by molar-refractivity contribution is 0.466. The second-order valence-corrected chi connectivity index (χ2v) is 4.38. The number of aromatic nitrogens is 1. The van der Waals surface area contributed by atoms with Crippen molar-refractivity contribution in [3.05, 3.63) is 53.1 Å². The first kappa shape index (κ1) is 14.0. The van der Waals surface area contributed by atoms with E-state index in [0.717, 1.165) is 11.4 Å². The van der Waals surface area contributed by atoms with Crippen LogP contribution in [0.15, 0.2) is 30.3 Å². The molecular formula is C15H16FN3O. The van der Waals surface area contributed by atoms with E-state index in [9.17, 15) is 4.39 Å². The number of rotatable bonds is 4. The van der Waals surface area contributed by atoms with Crippen molar-refractivity contribution in [3.63, 3.8) is 0 Å². The van der Waals surface area contributed by atoms with Gasteiger partial charge in [-0.1, -0.05) is 13.0 Å². The number of nitrogen functional groups attached to an aromatic ring is 1. The van der Waals surface area contributed by atoms with Crippen molar-refractivity contribution in [1.29, 1.82) is 5.41 Å². The van der Waals surface area contributed by atoms with Gasteiger partial charge < -0.3 is 10.5 Å². The maximum Gasteiger partial charge on any atom is 0.148 e. The number of nitrogens with one attached hydrogen (secondary N) is 1. The Labute approximate surface area is 116 Å². The number of hydrogen-bond donors (Lipinski definition) is 2. The van der Waals surface area contributed by atoms with Crippen LogP contribution in [0.3, 0.4) is 0 Å². The van der Waals surface area contributed by atoms with Crippen molar-refractivity contribution < 1.29 is 9.13 Å². The van der Waals surface area contributed by atoms with Crippen LogP contribution in [0.2, 0.25) is 0 Å². The van der Waals surface area contributed by atoms with Crippen molar-refractivity contribution in [1.82, 2.24) is 4.98 Å². The maximum atomic E-state index is 13.7. The number of nitrogens with zero attached hydrogens (tertiary/aromatic N) is 1. The van der Waals surface area contributed by atoms with E-state index in [1.54, 1.807) is 12.1 Å². The fourth-order valence-corrected chi connectivity index (χ4v) is 1.91. The minimum absolute atomic E-state index is 0.0323. The van der Waals surface area contributed by atoms with E-state index in [1.165, 1.54) is 12.1 Å². The fourth-order valence-electron chi connectivity index (χ4n) is 1.91. The van der Waals surface area contributed by atoms with Crippen molar-refractivity contribution in [2.24, 2.45) is 5.73 Å². The number of pyridine rings is 1. The molecular weight excluding hydrogens is 257 g/mol. The number of nitrogens with two attached hydrogens (primary N) is 1. The standard InChI is InChI=1S/C15H16FN3O/c1-3-11-12(8-7-9(2)19-11)20-13-6-4-5-10(16)14(13)15(17)18/h4-8H,3H2,1-2H3,(H3,17,18). The maximum absolute atomic E-state index is 13.7. The van der Waals surface area contributed by atoms with Crippen LogP contribution in [0.5, 0.6) is 11.5 Å². The summed E-state index contributed by atoms with van der Waals surface area (Å²) in [5.41, 5.74) is 7.05. The van der Waals surface area contributed by atoms with E-state index in [4.69, 9.17) is 15.9 Å². The first-order valence-corrected chi connectivity index (χ1v) is 6.30. The number of aryl methyl sites for hydroxylation is 2. The molecule has 1 heterocycles. The molecule has 0 unspecified atom stereocenters. The van der Waals surface area contributed by atoms with Gasteiger partial charge in [-0.2, -0.15) is 0 Å². The lowest BCUT2D eigenvalue weighted by Gasteiger charge is -2.13. The summed E-state index contributed by atoms with van der Waals surface area (Å²) in [5.74, 6) is -0.173. The molecule has 0 radical (unpaired) electrons. The van der Waals surface area contributed by atoms with Gasteiger partial charge in [0, 0.05) is 5.69 Å². The quantitative estimate of drug-likeness (QED) is 0.664. The van der Waals surface area contributed by atoms with Crippen LogP contribution in [0.25, 0.3) is 0 Å². The molecule has 0 amide bonds. The summed E-state index contributed by atoms with van der Waals surface area (Å²) in [6.07, 6.45) is 0.696. The van der Waals surface area contributed by atoms with Crippen molar-refractivity contribution >= 4 is 5.84 Å². The molecule has 4 nitrogen and oxygen atoms in total. The summed E-state index contributed by atoms with van der Waals surface area (Å²) in [6, 6.07) is 7.96. The molecule has 20 heavy (non-hydrogen) atoms. The second-order valence-electron chi connectivity index (χ2n) is 4.38. The van der Waals surface area contributed by atoms with Gasteiger partial charge >= 0.3 is 0 Å². The molecule has 1 aromatic heterocycles. The Bertz CT molecular complexity index is 656. The Hall–Kier alpha value is -2.43. The smallest absolute Gasteiger partial charge is 0.148 e. The summed E-state index contributed by atoms with van der Waals surface area (Å²) in [4.78, 5) is 4.38. The SMILES string of the molecule is CCc1nc(C)ccc1Oc1cccc(F)c1C(=N)N. The van der Waals surface area contributed by atoms with Crippen LogP contribution in [-0.2, 0) is 6.42 Å². The highest BCUT2D eigenvalue weighted by atomic mass is 19.1. The van der Waals surface area contributed by atoms with E-state index in [-0.39, 0.29) is 17.1 Å². The average Bonchev–Trinajstić information content (AvgIpc) is 2.40. The summed E-state index contributed by atoms with van der Waals surface area (Å²) in [7, 11) is 0. The Morgan fingerprint density at radius 3 is 2.70 bits per heavy atom. The summed E-state index contributed by atoms with van der Waals surface area (Å²) < 4.78 is 19.4. The van der Waals surface area contributed by atoms with Crippen LogP contribution in [-0.4, -0.2) is 10.8 Å². The highest BCUT2D eigenvalue weighted by Gasteiger charge is 2.14. The molecule has 0 saturated heterocycles. The lowest BCUT2D eigenvalue weighted by atomic mass is 10.1. The van der Waals surface area contributed by atoms with Crippen molar-refractivity contribution in [3.8, 4) is 11.5 Å². The normalized spacial score (nSPS) is 10.3. The second kappa shape index (κ2) is 5.69. The van der Waals surface area contributed by atoms with Gasteiger partial charge in [-0.05, 0) is 37.6 Å². The molecule has 1 aromatic carbocycles. The topological polar surface area (TPSA) is 72.0 Å². The van der Waals surface area contributed by atoms with Crippen LogP contribution in [0.1, 0.15) is 23.9 Å². The van der Waals surface area contributed by atoms with Gasteiger partial charge in [-0.15, -0.1) is 0 Å². The highest BCUT2D eigenvalue weighted by molar-refractivity contribution is 5.98. The van der Waals surface area contributed by atoms with E-state index in [2.05, 4.69) is 4.98 Å². The third-order valence-corrected chi connectivity index (χ3v) is 2.87. The molecule has 104 valence electrons. The number of benzene rings is 1. The highest BCUT2D eigenvalue weighted by Crippen LogP contribution is 2.29. The molecule has 0 atom stereocenters. The molecule has 0 saturated carbocycles. The molecule has 2 aromatic rings. The van der Waals surface area contributed by atoms with Gasteiger partial charge in [0.2, 0.25) is 0 Å². The molecule has 0 aliphatic carbocycles. The van der Waals surface area contributed by atoms with Gasteiger partial charge in [-0.25, -0.2) is 4.39 Å². The number of halogens is 1. The largest absolute Gasteiger partial charge is 0.455 e. The Morgan fingerprint density at radius 1 is 1.30 bits per heavy atom. The summed E-state index contributed by atoms with van der Waals surface area (Å²) >= 11 is 0. The third kappa shape index (κ3) is 2.77. The van der Waals surface area contributed by atoms with Crippen LogP contribution in [0.4, 0.5) is 4.39 Å². The first-order valence-electron chi connectivity index (χ1n) is 6.30. The predicted octanol–water partition coefficient (Wildman–Crippen LogP) is 3.17. The summed E-state index contributed by atoms with van der Waals surface area (Å²) in [5, 5.41) is 7.46. The van der Waals surface area contributed by atoms with Gasteiger partial charge in [-0.3, -0.25) is 10.4 Å². The number of amidine groups is 1. The van der Waals surface area contributed by atoms with Crippen molar-refractivity contribution in [2.75, 3.05) is 0 Å². The fraction of sp³-hybridized carbons (Fsp3) is 0.200. The molecule has 0 aliphatic rings. The van der Waals surface area contributed by atoms with Gasteiger partial charge in [0.1, 0.15) is 23.2 Å². The number of hydrogen-bond acceptors (Lipinski definition) is 3. The lowest BCUT2D eigenvalue weighted by Crippen LogP contribution is -2.14. The molecule has 2 rings (SSSR count). The number of ether oxygens (including phenoxy) is 1. The van der Waals surface area contributed by atoms with E-state index >= 15 is 0 Å². The first-order chi connectivity index (χ1) is 9.52. The van der Waals surface area contributed by atoms with E-state index < -0.39 is 5.82 Å². The predicted molar refractivity (Wildman–Crippen MR) is 75.8 cm³/mol. The molecule has 0 spiro atoms. The Balaban J connectivity index is 2.45. The monoisotopic (exact) mass is 273 g/mol. The van der Waals surface area contributed by atoms with Crippen LogP contribution < -0.4 is 10.5 Å². The van der Waals surface area contributed by atoms with Crippen LogP contribution >= 0.6 is 0 Å². The van der Waals surface area contributed by atoms with Crippen LogP contribution in [0, 0.1) is 18.2 Å². The summed E-state index contributed by atoms with van der Waals surface area (Å²) in [6.45, 7) is 3.86. The zero-order chi connectivity index (χ0) is 14.7. The average molecular weight is 273 g/mol. The minimum Gasteiger partial charge on any atom is -0.455 e. The minimum atomic E-state index is -0.576. The zero-order valence-electron chi connectivity index (χ0n) is 11.4. The molecule has 0 bridgehead atoms.